The number of esters is 2. The van der Waals surface area contributed by atoms with E-state index in [9.17, 15) is 9.59 Å². The van der Waals surface area contributed by atoms with Gasteiger partial charge < -0.3 is 19.4 Å². The molecule has 0 unspecified atom stereocenters. The summed E-state index contributed by atoms with van der Waals surface area (Å²) in [4.78, 5) is 42.1. The number of rotatable bonds is 10. The summed E-state index contributed by atoms with van der Waals surface area (Å²) in [5.74, 6) is -0.490. The molecule has 0 spiro atoms. The molecule has 5 rings (SSSR count). The van der Waals surface area contributed by atoms with Gasteiger partial charge in [0, 0.05) is 34.9 Å². The average Bonchev–Trinajstić information content (AvgIpc) is 3.69. The van der Waals surface area contributed by atoms with E-state index in [1.807, 2.05) is 0 Å². The molecule has 3 aromatic rings. The highest BCUT2D eigenvalue weighted by atomic mass is 16.5. The van der Waals surface area contributed by atoms with Crippen LogP contribution in [0.2, 0.25) is 0 Å². The predicted molar refractivity (Wildman–Crippen MR) is 186 cm³/mol. The van der Waals surface area contributed by atoms with Crippen LogP contribution >= 0.6 is 0 Å². The van der Waals surface area contributed by atoms with E-state index in [0.717, 1.165) is 98.4 Å². The molecule has 3 aromatic heterocycles. The molecule has 0 aromatic carbocycles. The summed E-state index contributed by atoms with van der Waals surface area (Å²) in [7, 11) is 2.84. The van der Waals surface area contributed by atoms with Crippen LogP contribution in [0.5, 0.6) is 0 Å². The molecule has 5 heterocycles. The number of nitrogens with one attached hydrogen (secondary N) is 2. The minimum Gasteiger partial charge on any atom is -0.469 e. The first-order valence-corrected chi connectivity index (χ1v) is 16.4. The largest absolute Gasteiger partial charge is 0.469 e. The second-order valence-corrected chi connectivity index (χ2v) is 12.3. The van der Waals surface area contributed by atoms with Gasteiger partial charge >= 0.3 is 11.9 Å². The number of fused-ring (bicyclic) bond motifs is 8. The maximum atomic E-state index is 12.2. The number of aryl methyl sites for hydroxylation is 4. The summed E-state index contributed by atoms with van der Waals surface area (Å²) in [6.45, 7) is 12.9. The van der Waals surface area contributed by atoms with Crippen molar-refractivity contribution in [3.8, 4) is 0 Å². The van der Waals surface area contributed by atoms with Crippen LogP contribution in [0.3, 0.4) is 0 Å². The summed E-state index contributed by atoms with van der Waals surface area (Å²) in [5.41, 5.74) is 16.6. The summed E-state index contributed by atoms with van der Waals surface area (Å²) >= 11 is 0. The SMILES string of the molecule is CCCC1=C(C)c2cc3[nH]c(cc4[nH]c(cc5nc(cc1n2)C(CCC)=C5C)c(CCC(=O)OC)c4C)c(CCC(=O)OC)c3C. The topological polar surface area (TPSA) is 110 Å². The van der Waals surface area contributed by atoms with Gasteiger partial charge in [0.2, 0.25) is 0 Å². The molecule has 0 saturated heterocycles. The first-order valence-electron chi connectivity index (χ1n) is 16.4. The third-order valence-corrected chi connectivity index (χ3v) is 9.41. The molecule has 8 nitrogen and oxygen atoms in total. The minimum absolute atomic E-state index is 0.245. The molecule has 0 amide bonds. The maximum Gasteiger partial charge on any atom is 0.305 e. The van der Waals surface area contributed by atoms with Gasteiger partial charge in [-0.2, -0.15) is 0 Å². The molecule has 0 aliphatic carbocycles. The Bertz CT molecular complexity index is 1920. The quantitative estimate of drug-likeness (QED) is 0.219. The number of nitrogens with zero attached hydrogens (tertiary/aromatic N) is 2. The third kappa shape index (κ3) is 6.43. The Morgan fingerprint density at radius 2 is 1.00 bits per heavy atom. The van der Waals surface area contributed by atoms with Gasteiger partial charge in [-0.1, -0.05) is 26.7 Å². The first kappa shape index (κ1) is 32.9. The minimum atomic E-state index is -0.245. The number of aromatic nitrogens is 4. The van der Waals surface area contributed by atoms with Gasteiger partial charge in [0.25, 0.3) is 0 Å². The smallest absolute Gasteiger partial charge is 0.305 e. The van der Waals surface area contributed by atoms with Crippen molar-refractivity contribution in [3.05, 3.63) is 69.3 Å². The van der Waals surface area contributed by atoms with Gasteiger partial charge in [0.1, 0.15) is 0 Å². The van der Waals surface area contributed by atoms with E-state index >= 15 is 0 Å². The molecule has 8 heteroatoms. The fourth-order valence-electron chi connectivity index (χ4n) is 6.65. The zero-order valence-corrected chi connectivity index (χ0v) is 28.5. The summed E-state index contributed by atoms with van der Waals surface area (Å²) in [6, 6.07) is 8.54. The lowest BCUT2D eigenvalue weighted by atomic mass is 9.98. The Morgan fingerprint density at radius 1 is 0.587 bits per heavy atom. The third-order valence-electron chi connectivity index (χ3n) is 9.41. The van der Waals surface area contributed by atoms with E-state index in [4.69, 9.17) is 19.4 Å². The van der Waals surface area contributed by atoms with Crippen molar-refractivity contribution in [2.24, 2.45) is 0 Å². The number of methoxy groups -OCH3 is 2. The molecule has 2 aliphatic rings. The van der Waals surface area contributed by atoms with Gasteiger partial charge in [0.15, 0.2) is 0 Å². The standard InChI is InChI=1S/C38H46N4O4/c1-9-11-25-21(3)29-17-30-23(5)27(13-15-37(43)45-7)33(39-30)19-32-24(6)28(14-16-38(44)46-8)34(41-32)18-31-22(4)26(12-10-2)36(42-31)20-35(25)40-29/h17-20,39,41H,9-16H2,1-8H3. The van der Waals surface area contributed by atoms with Crippen molar-refractivity contribution >= 4 is 56.3 Å². The first-order chi connectivity index (χ1) is 22.1. The van der Waals surface area contributed by atoms with E-state index in [1.54, 1.807) is 0 Å². The fourth-order valence-corrected chi connectivity index (χ4v) is 6.65. The molecule has 0 fully saturated rings. The number of hydrogen-bond donors (Lipinski definition) is 2. The van der Waals surface area contributed by atoms with Crippen LogP contribution in [0.1, 0.15) is 111 Å². The van der Waals surface area contributed by atoms with Crippen LogP contribution < -0.4 is 0 Å². The van der Waals surface area contributed by atoms with Gasteiger partial charge in [-0.05, 0) is 122 Å². The molecule has 2 aliphatic heterocycles. The molecule has 0 saturated carbocycles. The lowest BCUT2D eigenvalue weighted by Gasteiger charge is -2.04. The van der Waals surface area contributed by atoms with Crippen LogP contribution in [0.4, 0.5) is 0 Å². The lowest BCUT2D eigenvalue weighted by Crippen LogP contribution is -2.02. The molecule has 0 radical (unpaired) electrons. The molecule has 2 N–H and O–H groups in total. The molecule has 0 atom stereocenters. The molecular formula is C38H46N4O4. The fraction of sp³-hybridized carbons (Fsp3) is 0.421. The monoisotopic (exact) mass is 622 g/mol. The van der Waals surface area contributed by atoms with E-state index < -0.39 is 0 Å². The van der Waals surface area contributed by atoms with Crippen molar-refractivity contribution in [1.82, 2.24) is 19.9 Å². The molecule has 242 valence electrons. The second-order valence-electron chi connectivity index (χ2n) is 12.3. The van der Waals surface area contributed by atoms with E-state index in [-0.39, 0.29) is 24.8 Å². The molecular weight excluding hydrogens is 576 g/mol. The lowest BCUT2D eigenvalue weighted by molar-refractivity contribution is -0.141. The molecule has 8 bridgehead atoms. The highest BCUT2D eigenvalue weighted by molar-refractivity contribution is 5.95. The van der Waals surface area contributed by atoms with Crippen LogP contribution in [0, 0.1) is 13.8 Å². The number of carbonyl (C=O) groups is 2. The normalized spacial score (nSPS) is 13.0. The number of allylic oxidation sites excluding steroid dienone is 4. The number of carbonyl (C=O) groups excluding carboxylic acids is 2. The number of aromatic amines is 2. The van der Waals surface area contributed by atoms with Crippen molar-refractivity contribution in [3.63, 3.8) is 0 Å². The van der Waals surface area contributed by atoms with E-state index in [0.29, 0.717) is 12.8 Å². The molecule has 46 heavy (non-hydrogen) atoms. The predicted octanol–water partition coefficient (Wildman–Crippen LogP) is 8.60. The van der Waals surface area contributed by atoms with Crippen molar-refractivity contribution in [2.75, 3.05) is 14.2 Å². The van der Waals surface area contributed by atoms with Crippen molar-refractivity contribution in [1.29, 1.82) is 0 Å². The van der Waals surface area contributed by atoms with E-state index in [2.05, 4.69) is 75.8 Å². The zero-order chi connectivity index (χ0) is 33.1. The van der Waals surface area contributed by atoms with E-state index in [1.165, 1.54) is 30.9 Å². The van der Waals surface area contributed by atoms with Gasteiger partial charge in [-0.25, -0.2) is 9.97 Å². The van der Waals surface area contributed by atoms with Crippen LogP contribution in [0.25, 0.3) is 44.4 Å². The summed E-state index contributed by atoms with van der Waals surface area (Å²) in [5, 5.41) is 0. The van der Waals surface area contributed by atoms with Crippen molar-refractivity contribution in [2.45, 2.75) is 92.9 Å². The Hall–Kier alpha value is -4.46. The van der Waals surface area contributed by atoms with Gasteiger partial charge in [-0.3, -0.25) is 9.59 Å². The average molecular weight is 623 g/mol. The van der Waals surface area contributed by atoms with Crippen molar-refractivity contribution < 1.29 is 19.1 Å². The summed E-state index contributed by atoms with van der Waals surface area (Å²) < 4.78 is 9.96. The second kappa shape index (κ2) is 13.9. The van der Waals surface area contributed by atoms with Crippen LogP contribution in [-0.4, -0.2) is 46.1 Å². The Morgan fingerprint density at radius 3 is 1.43 bits per heavy atom. The number of ether oxygens (including phenoxy) is 2. The Kier molecular flexibility index (Phi) is 9.94. The van der Waals surface area contributed by atoms with Gasteiger partial charge in [0.05, 0.1) is 37.0 Å². The number of hydrogen-bond acceptors (Lipinski definition) is 6. The van der Waals surface area contributed by atoms with Crippen LogP contribution in [-0.2, 0) is 31.9 Å². The van der Waals surface area contributed by atoms with Crippen LogP contribution in [0.15, 0.2) is 24.3 Å². The Balaban J connectivity index is 1.90. The Labute approximate surface area is 271 Å². The zero-order valence-electron chi connectivity index (χ0n) is 28.5. The number of H-pyrrole nitrogens is 2. The van der Waals surface area contributed by atoms with Gasteiger partial charge in [-0.15, -0.1) is 0 Å². The highest BCUT2D eigenvalue weighted by Crippen LogP contribution is 2.38. The maximum absolute atomic E-state index is 12.2. The summed E-state index contributed by atoms with van der Waals surface area (Å²) in [6.07, 6.45) is 5.51. The highest BCUT2D eigenvalue weighted by Gasteiger charge is 2.22.